The molecule has 8 heteroatoms. The van der Waals surface area contributed by atoms with E-state index >= 15 is 0 Å². The molecule has 0 saturated heterocycles. The number of benzene rings is 2. The van der Waals surface area contributed by atoms with Gasteiger partial charge in [0.2, 0.25) is 5.91 Å². The number of rotatable bonds is 6. The molecule has 0 spiro atoms. The van der Waals surface area contributed by atoms with Gasteiger partial charge in [-0.2, -0.15) is 5.10 Å². The van der Waals surface area contributed by atoms with Crippen LogP contribution in [-0.2, 0) is 11.2 Å². The van der Waals surface area contributed by atoms with Crippen LogP contribution >= 0.6 is 0 Å². The lowest BCUT2D eigenvalue weighted by Gasteiger charge is -2.12. The van der Waals surface area contributed by atoms with E-state index < -0.39 is 0 Å². The van der Waals surface area contributed by atoms with E-state index in [1.807, 2.05) is 48.9 Å². The molecule has 194 valence electrons. The van der Waals surface area contributed by atoms with E-state index in [1.54, 1.807) is 12.4 Å². The molecule has 0 aliphatic rings. The Morgan fingerprint density at radius 3 is 2.56 bits per heavy atom. The number of aryl methyl sites for hydroxylation is 4. The van der Waals surface area contributed by atoms with Gasteiger partial charge in [-0.3, -0.25) is 9.78 Å². The SMILES string of the molecule is Cc1ccc(-n2nc(C)c3c(C)c(CCC(=O)Nc4ccc5nc(-c6cccnc6)[nH]c5c4)c(C)nc32)cc1. The van der Waals surface area contributed by atoms with Crippen LogP contribution in [0.2, 0.25) is 0 Å². The van der Waals surface area contributed by atoms with Crippen molar-refractivity contribution >= 4 is 33.7 Å². The number of H-pyrrole nitrogens is 1. The van der Waals surface area contributed by atoms with Crippen LogP contribution in [-0.4, -0.2) is 35.6 Å². The minimum atomic E-state index is -0.0488. The number of amides is 1. The first-order chi connectivity index (χ1) is 18.9. The van der Waals surface area contributed by atoms with Crippen LogP contribution in [0.5, 0.6) is 0 Å². The minimum Gasteiger partial charge on any atom is -0.338 e. The summed E-state index contributed by atoms with van der Waals surface area (Å²) in [4.78, 5) is 30.0. The van der Waals surface area contributed by atoms with Gasteiger partial charge in [-0.15, -0.1) is 0 Å². The topological polar surface area (TPSA) is 101 Å². The van der Waals surface area contributed by atoms with Crippen LogP contribution < -0.4 is 5.32 Å². The fraction of sp³-hybridized carbons (Fsp3) is 0.194. The predicted octanol–water partition coefficient (Wildman–Crippen LogP) is 6.16. The Balaban J connectivity index is 1.20. The van der Waals surface area contributed by atoms with Gasteiger partial charge in [0.1, 0.15) is 5.82 Å². The number of carbonyl (C=O) groups is 1. The molecule has 1 amide bonds. The van der Waals surface area contributed by atoms with Gasteiger partial charge in [-0.05, 0) is 87.7 Å². The molecule has 0 aliphatic heterocycles. The molecule has 39 heavy (non-hydrogen) atoms. The summed E-state index contributed by atoms with van der Waals surface area (Å²) in [6, 6.07) is 17.8. The van der Waals surface area contributed by atoms with Crippen molar-refractivity contribution in [3.8, 4) is 17.1 Å². The van der Waals surface area contributed by atoms with Gasteiger partial charge in [0, 0.05) is 41.1 Å². The molecule has 8 nitrogen and oxygen atoms in total. The zero-order chi connectivity index (χ0) is 27.1. The Morgan fingerprint density at radius 1 is 0.974 bits per heavy atom. The number of hydrogen-bond acceptors (Lipinski definition) is 5. The number of anilines is 1. The van der Waals surface area contributed by atoms with Gasteiger partial charge in [0.15, 0.2) is 5.65 Å². The standard InChI is InChI=1S/C31H29N7O/c1-18-7-10-24(11-8-18)38-31-29(21(4)37-38)19(2)25(20(3)33-31)12-14-28(39)34-23-9-13-26-27(16-23)36-30(35-26)22-6-5-15-32-17-22/h5-11,13,15-17H,12,14H2,1-4H3,(H,34,39)(H,35,36). The molecule has 0 fully saturated rings. The van der Waals surface area contributed by atoms with Crippen LogP contribution in [0.3, 0.4) is 0 Å². The molecule has 6 aromatic rings. The van der Waals surface area contributed by atoms with Crippen molar-refractivity contribution in [2.75, 3.05) is 5.32 Å². The van der Waals surface area contributed by atoms with Crippen LogP contribution in [0.25, 0.3) is 39.1 Å². The van der Waals surface area contributed by atoms with Crippen molar-refractivity contribution in [3.63, 3.8) is 0 Å². The first-order valence-corrected chi connectivity index (χ1v) is 13.0. The normalized spacial score (nSPS) is 11.4. The molecule has 0 unspecified atom stereocenters. The van der Waals surface area contributed by atoms with Crippen molar-refractivity contribution in [2.45, 2.75) is 40.5 Å². The van der Waals surface area contributed by atoms with Crippen LogP contribution in [0.15, 0.2) is 67.0 Å². The second-order valence-corrected chi connectivity index (χ2v) is 9.94. The molecule has 0 radical (unpaired) electrons. The number of aromatic nitrogens is 6. The highest BCUT2D eigenvalue weighted by Crippen LogP contribution is 2.29. The van der Waals surface area contributed by atoms with E-state index in [0.29, 0.717) is 12.8 Å². The Labute approximate surface area is 226 Å². The van der Waals surface area contributed by atoms with Gasteiger partial charge in [-0.1, -0.05) is 17.7 Å². The summed E-state index contributed by atoms with van der Waals surface area (Å²) >= 11 is 0. The summed E-state index contributed by atoms with van der Waals surface area (Å²) in [5.74, 6) is 0.698. The van der Waals surface area contributed by atoms with Crippen molar-refractivity contribution in [2.24, 2.45) is 0 Å². The lowest BCUT2D eigenvalue weighted by Crippen LogP contribution is -2.13. The largest absolute Gasteiger partial charge is 0.338 e. The van der Waals surface area contributed by atoms with E-state index in [4.69, 9.17) is 10.1 Å². The number of carbonyl (C=O) groups excluding carboxylic acids is 1. The van der Waals surface area contributed by atoms with Gasteiger partial charge in [0.25, 0.3) is 0 Å². The number of pyridine rings is 2. The first-order valence-electron chi connectivity index (χ1n) is 13.0. The van der Waals surface area contributed by atoms with Gasteiger partial charge in [0.05, 0.1) is 22.4 Å². The second kappa shape index (κ2) is 9.79. The van der Waals surface area contributed by atoms with Gasteiger partial charge in [-0.25, -0.2) is 14.6 Å². The van der Waals surface area contributed by atoms with E-state index in [1.165, 1.54) is 5.56 Å². The summed E-state index contributed by atoms with van der Waals surface area (Å²) in [7, 11) is 0. The molecule has 4 aromatic heterocycles. The van der Waals surface area contributed by atoms with Crippen molar-refractivity contribution in [1.29, 1.82) is 0 Å². The fourth-order valence-electron chi connectivity index (χ4n) is 5.13. The number of hydrogen-bond donors (Lipinski definition) is 2. The van der Waals surface area contributed by atoms with E-state index in [2.05, 4.69) is 58.4 Å². The molecule has 0 bridgehead atoms. The van der Waals surface area contributed by atoms with Gasteiger partial charge < -0.3 is 10.3 Å². The Hall–Kier alpha value is -4.85. The molecule has 0 saturated carbocycles. The molecule has 0 atom stereocenters. The third-order valence-electron chi connectivity index (χ3n) is 7.16. The van der Waals surface area contributed by atoms with E-state index in [0.717, 1.165) is 67.3 Å². The van der Waals surface area contributed by atoms with Crippen molar-refractivity contribution < 1.29 is 4.79 Å². The highest BCUT2D eigenvalue weighted by atomic mass is 16.1. The number of fused-ring (bicyclic) bond motifs is 2. The second-order valence-electron chi connectivity index (χ2n) is 9.94. The highest BCUT2D eigenvalue weighted by molar-refractivity contribution is 5.94. The summed E-state index contributed by atoms with van der Waals surface area (Å²) in [6.45, 7) is 8.19. The predicted molar refractivity (Wildman–Crippen MR) is 154 cm³/mol. The zero-order valence-electron chi connectivity index (χ0n) is 22.4. The molecule has 4 heterocycles. The van der Waals surface area contributed by atoms with Crippen LogP contribution in [0, 0.1) is 27.7 Å². The molecule has 6 rings (SSSR count). The summed E-state index contributed by atoms with van der Waals surface area (Å²) in [6.07, 6.45) is 4.45. The third-order valence-corrected chi connectivity index (χ3v) is 7.16. The van der Waals surface area contributed by atoms with Gasteiger partial charge >= 0.3 is 0 Å². The number of aromatic amines is 1. The number of nitrogens with zero attached hydrogens (tertiary/aromatic N) is 5. The third kappa shape index (κ3) is 4.65. The van der Waals surface area contributed by atoms with Crippen LogP contribution in [0.4, 0.5) is 5.69 Å². The maximum absolute atomic E-state index is 12.9. The maximum Gasteiger partial charge on any atom is 0.224 e. The highest BCUT2D eigenvalue weighted by Gasteiger charge is 2.18. The maximum atomic E-state index is 12.9. The van der Waals surface area contributed by atoms with Crippen LogP contribution in [0.1, 0.15) is 34.5 Å². The number of imidazole rings is 1. The summed E-state index contributed by atoms with van der Waals surface area (Å²) in [5.41, 5.74) is 10.4. The Kier molecular flexibility index (Phi) is 6.15. The smallest absolute Gasteiger partial charge is 0.224 e. The summed E-state index contributed by atoms with van der Waals surface area (Å²) in [5, 5.41) is 8.87. The van der Waals surface area contributed by atoms with E-state index in [9.17, 15) is 4.79 Å². The zero-order valence-corrected chi connectivity index (χ0v) is 22.4. The monoisotopic (exact) mass is 515 g/mol. The minimum absolute atomic E-state index is 0.0488. The molecule has 0 aliphatic carbocycles. The molecular formula is C31H29N7O. The fourth-order valence-corrected chi connectivity index (χ4v) is 5.13. The number of nitrogens with one attached hydrogen (secondary N) is 2. The van der Waals surface area contributed by atoms with Crippen molar-refractivity contribution in [1.82, 2.24) is 29.7 Å². The lowest BCUT2D eigenvalue weighted by molar-refractivity contribution is -0.116. The Morgan fingerprint density at radius 2 is 1.79 bits per heavy atom. The lowest BCUT2D eigenvalue weighted by atomic mass is 9.99. The average Bonchev–Trinajstić information content (AvgIpc) is 3.50. The first kappa shape index (κ1) is 24.5. The quantitative estimate of drug-likeness (QED) is 0.276. The molecule has 2 aromatic carbocycles. The Bertz CT molecular complexity index is 1830. The summed E-state index contributed by atoms with van der Waals surface area (Å²) < 4.78 is 1.91. The molecule has 2 N–H and O–H groups in total. The van der Waals surface area contributed by atoms with Crippen molar-refractivity contribution in [3.05, 3.63) is 95.1 Å². The molecular weight excluding hydrogens is 486 g/mol. The average molecular weight is 516 g/mol. The van der Waals surface area contributed by atoms with E-state index in [-0.39, 0.29) is 5.91 Å².